The fourth-order valence-corrected chi connectivity index (χ4v) is 2.76. The lowest BCUT2D eigenvalue weighted by Crippen LogP contribution is -2.12. The first-order valence-corrected chi connectivity index (χ1v) is 5.79. The van der Waals surface area contributed by atoms with Crippen molar-refractivity contribution in [3.8, 4) is 0 Å². The molecular weight excluding hydrogens is 216 g/mol. The zero-order valence-electron chi connectivity index (χ0n) is 8.60. The maximum absolute atomic E-state index is 5.76. The Balaban J connectivity index is 2.29. The second-order valence-electron chi connectivity index (χ2n) is 3.74. The molecule has 1 aliphatic heterocycles. The minimum atomic E-state index is 0.774. The van der Waals surface area contributed by atoms with Crippen LogP contribution in [-0.2, 0) is 0 Å². The molecule has 2 aromatic rings. The number of rotatable bonds is 0. The lowest BCUT2D eigenvalue weighted by atomic mass is 10.2. The summed E-state index contributed by atoms with van der Waals surface area (Å²) >= 11 is 1.70. The van der Waals surface area contributed by atoms with Crippen LogP contribution in [0.4, 0.5) is 11.4 Å². The normalized spacial score (nSPS) is 12.5. The monoisotopic (exact) mass is 226 g/mol. The fourth-order valence-electron chi connectivity index (χ4n) is 1.69. The van der Waals surface area contributed by atoms with Gasteiger partial charge in [0.15, 0.2) is 0 Å². The first kappa shape index (κ1) is 9.48. The fraction of sp³-hybridized carbons (Fsp3) is 0. The zero-order valence-corrected chi connectivity index (χ0v) is 9.42. The van der Waals surface area contributed by atoms with Crippen molar-refractivity contribution in [1.82, 2.24) is 0 Å². The van der Waals surface area contributed by atoms with Gasteiger partial charge in [-0.15, -0.1) is 0 Å². The molecule has 0 spiro atoms. The SMILES string of the molecule is C=c1ccc2c(c1)Sc1cc(N)ccc1N=2. The number of benzene rings is 2. The average molecular weight is 226 g/mol. The second-order valence-corrected chi connectivity index (χ2v) is 4.83. The van der Waals surface area contributed by atoms with E-state index >= 15 is 0 Å². The third kappa shape index (κ3) is 1.49. The molecule has 0 saturated carbocycles. The summed E-state index contributed by atoms with van der Waals surface area (Å²) in [5, 5.41) is 2.02. The maximum atomic E-state index is 5.76. The lowest BCUT2D eigenvalue weighted by molar-refractivity contribution is 1.16. The van der Waals surface area contributed by atoms with Crippen LogP contribution in [0.15, 0.2) is 51.2 Å². The summed E-state index contributed by atoms with van der Waals surface area (Å²) in [5.74, 6) is 0. The number of nitrogen functional groups attached to an aromatic ring is 1. The summed E-state index contributed by atoms with van der Waals surface area (Å²) < 4.78 is 0. The molecule has 0 atom stereocenters. The Labute approximate surface area is 97.5 Å². The number of nitrogens with two attached hydrogens (primary N) is 1. The van der Waals surface area contributed by atoms with Crippen LogP contribution in [0.25, 0.3) is 6.58 Å². The summed E-state index contributed by atoms with van der Waals surface area (Å²) in [6.45, 7) is 3.92. The van der Waals surface area contributed by atoms with E-state index in [1.54, 1.807) is 11.8 Å². The van der Waals surface area contributed by atoms with Crippen LogP contribution < -0.4 is 16.3 Å². The van der Waals surface area contributed by atoms with Crippen LogP contribution in [0.5, 0.6) is 0 Å². The molecule has 78 valence electrons. The molecule has 0 radical (unpaired) electrons. The van der Waals surface area contributed by atoms with Gasteiger partial charge in [-0.25, -0.2) is 4.99 Å². The molecule has 0 fully saturated rings. The van der Waals surface area contributed by atoms with E-state index in [0.29, 0.717) is 0 Å². The van der Waals surface area contributed by atoms with E-state index in [2.05, 4.69) is 17.6 Å². The highest BCUT2D eigenvalue weighted by Gasteiger charge is 2.11. The zero-order chi connectivity index (χ0) is 11.1. The number of hydrogen-bond acceptors (Lipinski definition) is 3. The summed E-state index contributed by atoms with van der Waals surface area (Å²) in [7, 11) is 0. The van der Waals surface area contributed by atoms with E-state index < -0.39 is 0 Å². The summed E-state index contributed by atoms with van der Waals surface area (Å²) in [5.41, 5.74) is 7.53. The van der Waals surface area contributed by atoms with E-state index in [-0.39, 0.29) is 0 Å². The van der Waals surface area contributed by atoms with Crippen molar-refractivity contribution >= 4 is 29.7 Å². The van der Waals surface area contributed by atoms with Crippen LogP contribution >= 0.6 is 11.8 Å². The molecule has 3 rings (SSSR count). The third-order valence-electron chi connectivity index (χ3n) is 2.47. The Bertz CT molecular complexity index is 677. The van der Waals surface area contributed by atoms with Gasteiger partial charge in [0.1, 0.15) is 0 Å². The Morgan fingerprint density at radius 1 is 1.06 bits per heavy atom. The maximum Gasteiger partial charge on any atom is 0.0778 e. The van der Waals surface area contributed by atoms with Gasteiger partial charge in [0.25, 0.3) is 0 Å². The molecule has 1 aliphatic rings. The topological polar surface area (TPSA) is 38.4 Å². The number of fused-ring (bicyclic) bond motifs is 2. The van der Waals surface area contributed by atoms with Gasteiger partial charge in [0.05, 0.1) is 11.0 Å². The van der Waals surface area contributed by atoms with E-state index in [9.17, 15) is 0 Å². The van der Waals surface area contributed by atoms with Crippen molar-refractivity contribution < 1.29 is 0 Å². The van der Waals surface area contributed by atoms with E-state index in [4.69, 9.17) is 5.73 Å². The molecule has 2 N–H and O–H groups in total. The number of nitrogens with zero attached hydrogens (tertiary/aromatic N) is 1. The number of hydrogen-bond donors (Lipinski definition) is 1. The molecule has 1 heterocycles. The Morgan fingerprint density at radius 3 is 2.81 bits per heavy atom. The summed E-state index contributed by atoms with van der Waals surface area (Å²) in [6, 6.07) is 11.8. The Hall–Kier alpha value is -1.74. The standard InChI is InChI=1S/C13H10N2S/c1-8-2-4-10-12(6-8)16-13-7-9(14)3-5-11(13)15-10/h2-7H,1,14H2. The lowest BCUT2D eigenvalue weighted by Gasteiger charge is -2.12. The van der Waals surface area contributed by atoms with Crippen LogP contribution in [0.2, 0.25) is 0 Å². The largest absolute Gasteiger partial charge is 0.399 e. The van der Waals surface area contributed by atoms with Gasteiger partial charge in [-0.1, -0.05) is 24.4 Å². The van der Waals surface area contributed by atoms with Gasteiger partial charge in [0.2, 0.25) is 0 Å². The Morgan fingerprint density at radius 2 is 1.94 bits per heavy atom. The van der Waals surface area contributed by atoms with Crippen LogP contribution in [-0.4, -0.2) is 0 Å². The quantitative estimate of drug-likeness (QED) is 0.596. The van der Waals surface area contributed by atoms with Gasteiger partial charge < -0.3 is 5.73 Å². The molecule has 0 unspecified atom stereocenters. The van der Waals surface area contributed by atoms with E-state index in [0.717, 1.165) is 31.7 Å². The minimum absolute atomic E-state index is 0.774. The highest BCUT2D eigenvalue weighted by Crippen LogP contribution is 2.37. The molecule has 0 bridgehead atoms. The van der Waals surface area contributed by atoms with Gasteiger partial charge in [-0.3, -0.25) is 0 Å². The van der Waals surface area contributed by atoms with Gasteiger partial charge in [0, 0.05) is 15.5 Å². The van der Waals surface area contributed by atoms with E-state index in [1.165, 1.54) is 0 Å². The van der Waals surface area contributed by atoms with Crippen molar-refractivity contribution in [2.45, 2.75) is 9.79 Å². The van der Waals surface area contributed by atoms with Gasteiger partial charge >= 0.3 is 0 Å². The molecule has 16 heavy (non-hydrogen) atoms. The van der Waals surface area contributed by atoms with Crippen molar-refractivity contribution in [1.29, 1.82) is 0 Å². The first-order chi connectivity index (χ1) is 7.72. The van der Waals surface area contributed by atoms with Crippen molar-refractivity contribution in [3.63, 3.8) is 0 Å². The molecule has 0 aromatic heterocycles. The van der Waals surface area contributed by atoms with Crippen LogP contribution in [0, 0.1) is 0 Å². The average Bonchev–Trinajstić information content (AvgIpc) is 2.26. The predicted molar refractivity (Wildman–Crippen MR) is 67.4 cm³/mol. The third-order valence-corrected chi connectivity index (χ3v) is 3.56. The highest BCUT2D eigenvalue weighted by atomic mass is 32.2. The molecule has 0 amide bonds. The van der Waals surface area contributed by atoms with Crippen molar-refractivity contribution in [3.05, 3.63) is 47.0 Å². The Kier molecular flexibility index (Phi) is 2.01. The predicted octanol–water partition coefficient (Wildman–Crippen LogP) is 2.09. The van der Waals surface area contributed by atoms with E-state index in [1.807, 2.05) is 30.3 Å². The molecular formula is C13H10N2S. The first-order valence-electron chi connectivity index (χ1n) is 4.97. The molecule has 0 saturated heterocycles. The summed E-state index contributed by atoms with van der Waals surface area (Å²) in [4.78, 5) is 6.84. The second kappa shape index (κ2) is 3.39. The number of anilines is 1. The van der Waals surface area contributed by atoms with Crippen LogP contribution in [0.3, 0.4) is 0 Å². The minimum Gasteiger partial charge on any atom is -0.399 e. The summed E-state index contributed by atoms with van der Waals surface area (Å²) in [6.07, 6.45) is 0. The van der Waals surface area contributed by atoms with Crippen molar-refractivity contribution in [2.75, 3.05) is 5.73 Å². The molecule has 0 aliphatic carbocycles. The van der Waals surface area contributed by atoms with Crippen molar-refractivity contribution in [2.24, 2.45) is 4.99 Å². The van der Waals surface area contributed by atoms with Gasteiger partial charge in [-0.05, 0) is 35.6 Å². The molecule has 2 aromatic carbocycles. The van der Waals surface area contributed by atoms with Gasteiger partial charge in [-0.2, -0.15) is 0 Å². The highest BCUT2D eigenvalue weighted by molar-refractivity contribution is 7.99. The molecule has 2 nitrogen and oxygen atoms in total. The molecule has 3 heteroatoms. The van der Waals surface area contributed by atoms with Crippen LogP contribution in [0.1, 0.15) is 0 Å². The smallest absolute Gasteiger partial charge is 0.0778 e.